The van der Waals surface area contributed by atoms with Crippen LogP contribution in [0.15, 0.2) is 0 Å². The molecular formula is C12H19NO4. The zero-order chi connectivity index (χ0) is 12.5. The molecule has 1 saturated heterocycles. The first-order chi connectivity index (χ1) is 8.03. The van der Waals surface area contributed by atoms with E-state index in [0.717, 1.165) is 6.42 Å². The summed E-state index contributed by atoms with van der Waals surface area (Å²) >= 11 is 0. The van der Waals surface area contributed by atoms with Crippen molar-refractivity contribution in [2.45, 2.75) is 38.7 Å². The lowest BCUT2D eigenvalue weighted by Crippen LogP contribution is -2.38. The standard InChI is InChI=1S/C12H19NO4/c1-9-8-13(5-2-6-17-9)10(14)7-12(3-4-12)11(15)16/h9H,2-8H2,1H3,(H,15,16)/t9-/m0/s1. The molecule has 2 fully saturated rings. The molecule has 96 valence electrons. The van der Waals surface area contributed by atoms with E-state index in [1.165, 1.54) is 0 Å². The molecule has 0 spiro atoms. The van der Waals surface area contributed by atoms with Gasteiger partial charge in [-0.3, -0.25) is 9.59 Å². The molecule has 1 heterocycles. The van der Waals surface area contributed by atoms with Gasteiger partial charge in [0.05, 0.1) is 11.5 Å². The maximum absolute atomic E-state index is 12.1. The summed E-state index contributed by atoms with van der Waals surface area (Å²) in [5.74, 6) is -0.868. The summed E-state index contributed by atoms with van der Waals surface area (Å²) in [5.41, 5.74) is -0.756. The normalized spacial score (nSPS) is 27.4. The highest BCUT2D eigenvalue weighted by Gasteiger charge is 2.52. The van der Waals surface area contributed by atoms with E-state index in [0.29, 0.717) is 32.5 Å². The van der Waals surface area contributed by atoms with E-state index in [1.54, 1.807) is 4.90 Å². The van der Waals surface area contributed by atoms with Gasteiger partial charge in [0.1, 0.15) is 0 Å². The molecule has 5 nitrogen and oxygen atoms in total. The molecule has 17 heavy (non-hydrogen) atoms. The van der Waals surface area contributed by atoms with Crippen molar-refractivity contribution in [3.63, 3.8) is 0 Å². The lowest BCUT2D eigenvalue weighted by atomic mass is 10.0. The molecule has 1 saturated carbocycles. The van der Waals surface area contributed by atoms with Gasteiger partial charge in [-0.25, -0.2) is 0 Å². The Kier molecular flexibility index (Phi) is 3.38. The number of ether oxygens (including phenoxy) is 1. The second-order valence-electron chi connectivity index (χ2n) is 5.14. The molecule has 5 heteroatoms. The Bertz CT molecular complexity index is 324. The zero-order valence-corrected chi connectivity index (χ0v) is 10.1. The van der Waals surface area contributed by atoms with Crippen molar-refractivity contribution >= 4 is 11.9 Å². The monoisotopic (exact) mass is 241 g/mol. The third-order valence-electron chi connectivity index (χ3n) is 3.60. The molecule has 1 amide bonds. The summed E-state index contributed by atoms with van der Waals surface area (Å²) < 4.78 is 5.47. The van der Waals surface area contributed by atoms with Crippen LogP contribution in [-0.4, -0.2) is 47.7 Å². The quantitative estimate of drug-likeness (QED) is 0.796. The van der Waals surface area contributed by atoms with Crippen LogP contribution in [0.5, 0.6) is 0 Å². The maximum Gasteiger partial charge on any atom is 0.310 e. The Hall–Kier alpha value is -1.10. The predicted octanol–water partition coefficient (Wildman–Crippen LogP) is 0.879. The average molecular weight is 241 g/mol. The fourth-order valence-corrected chi connectivity index (χ4v) is 2.24. The van der Waals surface area contributed by atoms with E-state index < -0.39 is 11.4 Å². The lowest BCUT2D eigenvalue weighted by molar-refractivity contribution is -0.147. The van der Waals surface area contributed by atoms with Crippen LogP contribution in [0, 0.1) is 5.41 Å². The summed E-state index contributed by atoms with van der Waals surface area (Å²) in [6.45, 7) is 3.87. The number of aliphatic carboxylic acids is 1. The third-order valence-corrected chi connectivity index (χ3v) is 3.60. The van der Waals surface area contributed by atoms with E-state index in [-0.39, 0.29) is 18.4 Å². The van der Waals surface area contributed by atoms with Gasteiger partial charge in [-0.2, -0.15) is 0 Å². The second kappa shape index (κ2) is 4.64. The van der Waals surface area contributed by atoms with Gasteiger partial charge in [-0.05, 0) is 26.2 Å². The van der Waals surface area contributed by atoms with Gasteiger partial charge in [0.2, 0.25) is 5.91 Å². The van der Waals surface area contributed by atoms with Gasteiger partial charge >= 0.3 is 5.97 Å². The van der Waals surface area contributed by atoms with Crippen molar-refractivity contribution < 1.29 is 19.4 Å². The molecule has 2 aliphatic rings. The highest BCUT2D eigenvalue weighted by Crippen LogP contribution is 2.49. The molecule has 0 aromatic carbocycles. The highest BCUT2D eigenvalue weighted by atomic mass is 16.5. The third kappa shape index (κ3) is 2.77. The minimum Gasteiger partial charge on any atom is -0.481 e. The lowest BCUT2D eigenvalue weighted by Gasteiger charge is -2.23. The van der Waals surface area contributed by atoms with Crippen molar-refractivity contribution in [2.24, 2.45) is 5.41 Å². The molecule has 0 aromatic rings. The Morgan fingerprint density at radius 3 is 2.76 bits per heavy atom. The number of rotatable bonds is 3. The summed E-state index contributed by atoms with van der Waals surface area (Å²) in [4.78, 5) is 24.9. The van der Waals surface area contributed by atoms with Crippen molar-refractivity contribution in [1.82, 2.24) is 4.90 Å². The number of carboxylic acids is 1. The molecule has 1 aliphatic heterocycles. The largest absolute Gasteiger partial charge is 0.481 e. The molecule has 0 radical (unpaired) electrons. The summed E-state index contributed by atoms with van der Waals surface area (Å²) in [5, 5.41) is 9.06. The van der Waals surface area contributed by atoms with E-state index in [1.807, 2.05) is 6.92 Å². The van der Waals surface area contributed by atoms with E-state index in [9.17, 15) is 9.59 Å². The number of carbonyl (C=O) groups excluding carboxylic acids is 1. The van der Waals surface area contributed by atoms with Crippen molar-refractivity contribution in [3.8, 4) is 0 Å². The van der Waals surface area contributed by atoms with E-state index >= 15 is 0 Å². The van der Waals surface area contributed by atoms with Crippen LogP contribution in [-0.2, 0) is 14.3 Å². The van der Waals surface area contributed by atoms with Crippen LogP contribution in [0.1, 0.15) is 32.6 Å². The van der Waals surface area contributed by atoms with Gasteiger partial charge in [0, 0.05) is 26.1 Å². The molecule has 0 aromatic heterocycles. The van der Waals surface area contributed by atoms with Gasteiger partial charge in [-0.15, -0.1) is 0 Å². The number of amides is 1. The molecule has 0 unspecified atom stereocenters. The van der Waals surface area contributed by atoms with Gasteiger partial charge < -0.3 is 14.7 Å². The molecule has 1 N–H and O–H groups in total. The molecule has 1 atom stereocenters. The summed E-state index contributed by atoms with van der Waals surface area (Å²) in [6, 6.07) is 0. The average Bonchev–Trinajstić information content (AvgIpc) is 3.03. The minimum atomic E-state index is -0.829. The fourth-order valence-electron chi connectivity index (χ4n) is 2.24. The zero-order valence-electron chi connectivity index (χ0n) is 10.1. The Morgan fingerprint density at radius 1 is 1.47 bits per heavy atom. The first-order valence-corrected chi connectivity index (χ1v) is 6.16. The van der Waals surface area contributed by atoms with Crippen LogP contribution < -0.4 is 0 Å². The van der Waals surface area contributed by atoms with Crippen LogP contribution in [0.3, 0.4) is 0 Å². The minimum absolute atomic E-state index is 0.0396. The number of nitrogens with zero attached hydrogens (tertiary/aromatic N) is 1. The van der Waals surface area contributed by atoms with E-state index in [4.69, 9.17) is 9.84 Å². The molecule has 0 bridgehead atoms. The first kappa shape index (κ1) is 12.4. The van der Waals surface area contributed by atoms with Crippen LogP contribution in [0.4, 0.5) is 0 Å². The summed E-state index contributed by atoms with van der Waals surface area (Å²) in [7, 11) is 0. The number of carboxylic acid groups (broad SMARTS) is 1. The van der Waals surface area contributed by atoms with Crippen LogP contribution in [0.2, 0.25) is 0 Å². The second-order valence-corrected chi connectivity index (χ2v) is 5.14. The van der Waals surface area contributed by atoms with Gasteiger partial charge in [0.15, 0.2) is 0 Å². The maximum atomic E-state index is 12.1. The van der Waals surface area contributed by atoms with Gasteiger partial charge in [0.25, 0.3) is 0 Å². The predicted molar refractivity (Wildman–Crippen MR) is 60.5 cm³/mol. The Morgan fingerprint density at radius 2 is 2.18 bits per heavy atom. The smallest absolute Gasteiger partial charge is 0.310 e. The van der Waals surface area contributed by atoms with Crippen molar-refractivity contribution in [3.05, 3.63) is 0 Å². The van der Waals surface area contributed by atoms with Gasteiger partial charge in [-0.1, -0.05) is 0 Å². The SMILES string of the molecule is C[C@H]1CN(C(=O)CC2(C(=O)O)CC2)CCCO1. The van der Waals surface area contributed by atoms with Crippen LogP contribution >= 0.6 is 0 Å². The van der Waals surface area contributed by atoms with Crippen molar-refractivity contribution in [2.75, 3.05) is 19.7 Å². The number of hydrogen-bond acceptors (Lipinski definition) is 3. The summed E-state index contributed by atoms with van der Waals surface area (Å²) in [6.07, 6.45) is 2.29. The number of carbonyl (C=O) groups is 2. The number of hydrogen-bond donors (Lipinski definition) is 1. The highest BCUT2D eigenvalue weighted by molar-refractivity contribution is 5.87. The Balaban J connectivity index is 1.93. The molecular weight excluding hydrogens is 222 g/mol. The van der Waals surface area contributed by atoms with E-state index in [2.05, 4.69) is 0 Å². The topological polar surface area (TPSA) is 66.8 Å². The van der Waals surface area contributed by atoms with Crippen molar-refractivity contribution in [1.29, 1.82) is 0 Å². The molecule has 1 aliphatic carbocycles. The first-order valence-electron chi connectivity index (χ1n) is 6.16. The van der Waals surface area contributed by atoms with Crippen LogP contribution in [0.25, 0.3) is 0 Å². The molecule has 2 rings (SSSR count). The Labute approximate surface area is 101 Å². The fraction of sp³-hybridized carbons (Fsp3) is 0.833.